The molecule has 0 fully saturated rings. The van der Waals surface area contributed by atoms with Crippen LogP contribution in [0.4, 0.5) is 4.39 Å². The molecule has 1 aromatic carbocycles. The molecule has 0 aliphatic heterocycles. The summed E-state index contributed by atoms with van der Waals surface area (Å²) < 4.78 is 13.0. The minimum atomic E-state index is -0.148. The van der Waals surface area contributed by atoms with E-state index >= 15 is 0 Å². The molecule has 0 bridgehead atoms. The first-order chi connectivity index (χ1) is 9.47. The van der Waals surface area contributed by atoms with Gasteiger partial charge in [-0.15, -0.1) is 0 Å². The summed E-state index contributed by atoms with van der Waals surface area (Å²) in [6.45, 7) is 11.1. The SMILES string of the molecule is CC(C)CCC(CNCC(C)C)Cc1ccc(F)cc1. The monoisotopic (exact) mass is 279 g/mol. The van der Waals surface area contributed by atoms with Crippen molar-refractivity contribution in [1.82, 2.24) is 5.32 Å². The molecule has 0 saturated heterocycles. The Bertz CT molecular complexity index is 356. The van der Waals surface area contributed by atoms with Crippen LogP contribution in [-0.2, 0) is 6.42 Å². The van der Waals surface area contributed by atoms with E-state index in [1.54, 1.807) is 12.1 Å². The van der Waals surface area contributed by atoms with Crippen LogP contribution in [0, 0.1) is 23.6 Å². The van der Waals surface area contributed by atoms with Gasteiger partial charge in [0.25, 0.3) is 0 Å². The number of benzene rings is 1. The third-order valence-corrected chi connectivity index (χ3v) is 3.58. The molecule has 0 heterocycles. The van der Waals surface area contributed by atoms with Crippen molar-refractivity contribution < 1.29 is 4.39 Å². The zero-order chi connectivity index (χ0) is 15.0. The van der Waals surface area contributed by atoms with Gasteiger partial charge in [0.2, 0.25) is 0 Å². The molecular weight excluding hydrogens is 249 g/mol. The lowest BCUT2D eigenvalue weighted by molar-refractivity contribution is 0.388. The van der Waals surface area contributed by atoms with Crippen molar-refractivity contribution in [2.75, 3.05) is 13.1 Å². The van der Waals surface area contributed by atoms with Gasteiger partial charge in [0.05, 0.1) is 0 Å². The first kappa shape index (κ1) is 17.2. The third kappa shape index (κ3) is 7.64. The molecule has 20 heavy (non-hydrogen) atoms. The average molecular weight is 279 g/mol. The van der Waals surface area contributed by atoms with Crippen molar-refractivity contribution >= 4 is 0 Å². The van der Waals surface area contributed by atoms with E-state index in [1.807, 2.05) is 12.1 Å². The summed E-state index contributed by atoms with van der Waals surface area (Å²) in [5, 5.41) is 3.57. The maximum absolute atomic E-state index is 13.0. The molecule has 0 aliphatic rings. The van der Waals surface area contributed by atoms with E-state index in [2.05, 4.69) is 33.0 Å². The Labute approximate surface area is 124 Å². The summed E-state index contributed by atoms with van der Waals surface area (Å²) in [7, 11) is 0. The second-order valence-corrected chi connectivity index (χ2v) is 6.72. The van der Waals surface area contributed by atoms with Crippen molar-refractivity contribution in [2.24, 2.45) is 17.8 Å². The molecule has 1 aromatic rings. The summed E-state index contributed by atoms with van der Waals surface area (Å²) in [6, 6.07) is 6.97. The van der Waals surface area contributed by atoms with Gasteiger partial charge >= 0.3 is 0 Å². The molecule has 1 atom stereocenters. The molecule has 1 nitrogen and oxygen atoms in total. The molecule has 0 spiro atoms. The van der Waals surface area contributed by atoms with Crippen LogP contribution >= 0.6 is 0 Å². The van der Waals surface area contributed by atoms with Gasteiger partial charge in [-0.05, 0) is 61.4 Å². The van der Waals surface area contributed by atoms with Crippen LogP contribution in [0.3, 0.4) is 0 Å². The molecule has 2 heteroatoms. The molecule has 0 amide bonds. The highest BCUT2D eigenvalue weighted by atomic mass is 19.1. The zero-order valence-electron chi connectivity index (χ0n) is 13.5. The Morgan fingerprint density at radius 2 is 1.55 bits per heavy atom. The minimum absolute atomic E-state index is 0.148. The van der Waals surface area contributed by atoms with Crippen LogP contribution in [0.1, 0.15) is 46.1 Å². The second kappa shape index (κ2) is 9.12. The fraction of sp³-hybridized carbons (Fsp3) is 0.667. The first-order valence-corrected chi connectivity index (χ1v) is 7.92. The maximum Gasteiger partial charge on any atom is 0.123 e. The Morgan fingerprint density at radius 3 is 2.10 bits per heavy atom. The van der Waals surface area contributed by atoms with E-state index in [4.69, 9.17) is 0 Å². The van der Waals surface area contributed by atoms with E-state index in [-0.39, 0.29) is 5.82 Å². The highest BCUT2D eigenvalue weighted by molar-refractivity contribution is 5.16. The largest absolute Gasteiger partial charge is 0.316 e. The smallest absolute Gasteiger partial charge is 0.123 e. The van der Waals surface area contributed by atoms with Crippen LogP contribution in [0.15, 0.2) is 24.3 Å². The van der Waals surface area contributed by atoms with Crippen molar-refractivity contribution in [3.05, 3.63) is 35.6 Å². The number of nitrogens with one attached hydrogen (secondary N) is 1. The van der Waals surface area contributed by atoms with Gasteiger partial charge < -0.3 is 5.32 Å². The zero-order valence-corrected chi connectivity index (χ0v) is 13.5. The van der Waals surface area contributed by atoms with Crippen molar-refractivity contribution in [3.8, 4) is 0 Å². The lowest BCUT2D eigenvalue weighted by Gasteiger charge is -2.19. The lowest BCUT2D eigenvalue weighted by atomic mass is 9.91. The van der Waals surface area contributed by atoms with Gasteiger partial charge in [-0.2, -0.15) is 0 Å². The van der Waals surface area contributed by atoms with Gasteiger partial charge in [-0.1, -0.05) is 46.2 Å². The van der Waals surface area contributed by atoms with Gasteiger partial charge in [-0.25, -0.2) is 4.39 Å². The van der Waals surface area contributed by atoms with E-state index in [0.717, 1.165) is 25.4 Å². The van der Waals surface area contributed by atoms with Crippen molar-refractivity contribution in [2.45, 2.75) is 47.0 Å². The number of hydrogen-bond donors (Lipinski definition) is 1. The number of rotatable bonds is 9. The van der Waals surface area contributed by atoms with Crippen LogP contribution in [0.2, 0.25) is 0 Å². The molecule has 114 valence electrons. The normalized spacial score (nSPS) is 13.2. The second-order valence-electron chi connectivity index (χ2n) is 6.72. The van der Waals surface area contributed by atoms with Crippen LogP contribution < -0.4 is 5.32 Å². The summed E-state index contributed by atoms with van der Waals surface area (Å²) >= 11 is 0. The highest BCUT2D eigenvalue weighted by Crippen LogP contribution is 2.17. The summed E-state index contributed by atoms with van der Waals surface area (Å²) in [4.78, 5) is 0. The quantitative estimate of drug-likeness (QED) is 0.693. The van der Waals surface area contributed by atoms with Gasteiger partial charge in [-0.3, -0.25) is 0 Å². The molecule has 1 unspecified atom stereocenters. The maximum atomic E-state index is 13.0. The summed E-state index contributed by atoms with van der Waals surface area (Å²) in [6.07, 6.45) is 3.54. The van der Waals surface area contributed by atoms with Crippen LogP contribution in [0.5, 0.6) is 0 Å². The average Bonchev–Trinajstić information content (AvgIpc) is 2.37. The topological polar surface area (TPSA) is 12.0 Å². The van der Waals surface area contributed by atoms with Crippen LogP contribution in [-0.4, -0.2) is 13.1 Å². The minimum Gasteiger partial charge on any atom is -0.316 e. The van der Waals surface area contributed by atoms with Gasteiger partial charge in [0, 0.05) is 0 Å². The van der Waals surface area contributed by atoms with E-state index in [1.165, 1.54) is 18.4 Å². The van der Waals surface area contributed by atoms with E-state index in [9.17, 15) is 4.39 Å². The number of halogens is 1. The summed E-state index contributed by atoms with van der Waals surface area (Å²) in [5.41, 5.74) is 1.24. The fourth-order valence-electron chi connectivity index (χ4n) is 2.38. The Hall–Kier alpha value is -0.890. The van der Waals surface area contributed by atoms with Crippen molar-refractivity contribution in [3.63, 3.8) is 0 Å². The summed E-state index contributed by atoms with van der Waals surface area (Å²) in [5.74, 6) is 1.93. The molecule has 0 radical (unpaired) electrons. The van der Waals surface area contributed by atoms with Crippen LogP contribution in [0.25, 0.3) is 0 Å². The molecule has 1 N–H and O–H groups in total. The Morgan fingerprint density at radius 1 is 0.900 bits per heavy atom. The standard InChI is InChI=1S/C18H30FN/c1-14(2)5-6-17(13-20-12-15(3)4)11-16-7-9-18(19)10-8-16/h7-10,14-15,17,20H,5-6,11-13H2,1-4H3. The molecular formula is C18H30FN. The Balaban J connectivity index is 2.49. The molecule has 0 saturated carbocycles. The predicted molar refractivity (Wildman–Crippen MR) is 85.4 cm³/mol. The lowest BCUT2D eigenvalue weighted by Crippen LogP contribution is -2.27. The molecule has 1 rings (SSSR count). The molecule has 0 aliphatic carbocycles. The number of hydrogen-bond acceptors (Lipinski definition) is 1. The van der Waals surface area contributed by atoms with Gasteiger partial charge in [0.15, 0.2) is 0 Å². The molecule has 0 aromatic heterocycles. The van der Waals surface area contributed by atoms with E-state index < -0.39 is 0 Å². The highest BCUT2D eigenvalue weighted by Gasteiger charge is 2.11. The van der Waals surface area contributed by atoms with E-state index in [0.29, 0.717) is 11.8 Å². The van der Waals surface area contributed by atoms with Gasteiger partial charge in [0.1, 0.15) is 5.82 Å². The third-order valence-electron chi connectivity index (χ3n) is 3.58. The first-order valence-electron chi connectivity index (χ1n) is 7.92. The predicted octanol–water partition coefficient (Wildman–Crippen LogP) is 4.67. The Kier molecular flexibility index (Phi) is 7.83. The van der Waals surface area contributed by atoms with Crippen molar-refractivity contribution in [1.29, 1.82) is 0 Å². The fourth-order valence-corrected chi connectivity index (χ4v) is 2.38.